The lowest BCUT2D eigenvalue weighted by Gasteiger charge is -2.38. The van der Waals surface area contributed by atoms with E-state index in [4.69, 9.17) is 4.74 Å². The van der Waals surface area contributed by atoms with E-state index in [1.807, 2.05) is 12.1 Å². The van der Waals surface area contributed by atoms with Crippen molar-refractivity contribution in [2.75, 3.05) is 39.9 Å². The number of guanidine groups is 1. The number of rotatable bonds is 6. The molecule has 5 nitrogen and oxygen atoms in total. The van der Waals surface area contributed by atoms with Gasteiger partial charge in [0, 0.05) is 38.8 Å². The third-order valence-corrected chi connectivity index (χ3v) is 4.39. The van der Waals surface area contributed by atoms with Crippen LogP contribution in [0.2, 0.25) is 0 Å². The van der Waals surface area contributed by atoms with Gasteiger partial charge in [-0.15, -0.1) is 24.0 Å². The number of halogens is 2. The van der Waals surface area contributed by atoms with Crippen LogP contribution in [0.15, 0.2) is 29.3 Å². The average Bonchev–Trinajstić information content (AvgIpc) is 2.59. The van der Waals surface area contributed by atoms with Gasteiger partial charge in [-0.2, -0.15) is 0 Å². The molecule has 0 amide bonds. The molecule has 2 atom stereocenters. The molecular formula is C18H30FIN4O. The molecule has 1 saturated heterocycles. The predicted octanol–water partition coefficient (Wildman–Crippen LogP) is 2.26. The highest BCUT2D eigenvalue weighted by molar-refractivity contribution is 14.0. The Morgan fingerprint density at radius 2 is 2.08 bits per heavy atom. The zero-order valence-electron chi connectivity index (χ0n) is 15.3. The minimum Gasteiger partial charge on any atom is -0.379 e. The molecule has 142 valence electrons. The maximum absolute atomic E-state index is 12.9. The zero-order valence-corrected chi connectivity index (χ0v) is 17.6. The molecule has 0 saturated carbocycles. The number of morpholine rings is 1. The van der Waals surface area contributed by atoms with Gasteiger partial charge in [-0.3, -0.25) is 9.89 Å². The highest BCUT2D eigenvalue weighted by atomic mass is 127. The molecular weight excluding hydrogens is 434 g/mol. The summed E-state index contributed by atoms with van der Waals surface area (Å²) < 4.78 is 18.4. The largest absolute Gasteiger partial charge is 0.379 e. The van der Waals surface area contributed by atoms with E-state index in [-0.39, 0.29) is 29.8 Å². The zero-order chi connectivity index (χ0) is 17.4. The minimum atomic E-state index is -0.199. The molecule has 0 radical (unpaired) electrons. The molecule has 25 heavy (non-hydrogen) atoms. The Labute approximate surface area is 167 Å². The molecule has 1 aromatic carbocycles. The Morgan fingerprint density at radius 3 is 2.72 bits per heavy atom. The van der Waals surface area contributed by atoms with Crippen LogP contribution in [-0.4, -0.2) is 62.8 Å². The summed E-state index contributed by atoms with van der Waals surface area (Å²) in [6.45, 7) is 8.59. The minimum absolute atomic E-state index is 0. The molecule has 1 aromatic rings. The van der Waals surface area contributed by atoms with Crippen LogP contribution in [0.5, 0.6) is 0 Å². The van der Waals surface area contributed by atoms with Gasteiger partial charge in [-0.05, 0) is 38.0 Å². The van der Waals surface area contributed by atoms with Gasteiger partial charge < -0.3 is 15.4 Å². The Bertz CT molecular complexity index is 526. The quantitative estimate of drug-likeness (QED) is 0.386. The van der Waals surface area contributed by atoms with Gasteiger partial charge in [0.25, 0.3) is 0 Å². The van der Waals surface area contributed by atoms with E-state index in [0.29, 0.717) is 12.1 Å². The van der Waals surface area contributed by atoms with Crippen LogP contribution in [0.1, 0.15) is 19.4 Å². The molecule has 1 fully saturated rings. The van der Waals surface area contributed by atoms with Crippen molar-refractivity contribution in [1.29, 1.82) is 0 Å². The molecule has 1 heterocycles. The van der Waals surface area contributed by atoms with Crippen LogP contribution < -0.4 is 10.6 Å². The van der Waals surface area contributed by atoms with Crippen molar-refractivity contribution < 1.29 is 9.13 Å². The van der Waals surface area contributed by atoms with Gasteiger partial charge in [0.2, 0.25) is 0 Å². The lowest BCUT2D eigenvalue weighted by molar-refractivity contribution is -0.0174. The summed E-state index contributed by atoms with van der Waals surface area (Å²) >= 11 is 0. The summed E-state index contributed by atoms with van der Waals surface area (Å²) in [6, 6.07) is 7.48. The fourth-order valence-electron chi connectivity index (χ4n) is 2.95. The molecule has 2 N–H and O–H groups in total. The van der Waals surface area contributed by atoms with Gasteiger partial charge >= 0.3 is 0 Å². The number of hydrogen-bond donors (Lipinski definition) is 2. The lowest BCUT2D eigenvalue weighted by atomic mass is 10.1. The number of nitrogens with zero attached hydrogens (tertiary/aromatic N) is 2. The van der Waals surface area contributed by atoms with Crippen LogP contribution in [0.4, 0.5) is 4.39 Å². The molecule has 0 spiro atoms. The second-order valence-electron chi connectivity index (χ2n) is 6.27. The van der Waals surface area contributed by atoms with Crippen LogP contribution in [-0.2, 0) is 11.2 Å². The van der Waals surface area contributed by atoms with Gasteiger partial charge in [0.1, 0.15) is 5.82 Å². The van der Waals surface area contributed by atoms with Crippen LogP contribution in [0, 0.1) is 5.82 Å². The van der Waals surface area contributed by atoms with Gasteiger partial charge in [-0.25, -0.2) is 4.39 Å². The van der Waals surface area contributed by atoms with Crippen molar-refractivity contribution >= 4 is 29.9 Å². The second-order valence-corrected chi connectivity index (χ2v) is 6.27. The fraction of sp³-hybridized carbons (Fsp3) is 0.611. The maximum Gasteiger partial charge on any atom is 0.191 e. The SMILES string of the molecule is CN=C(NCCc1ccc(F)cc1)NCC(C)N1CCOCC1C.I. The summed E-state index contributed by atoms with van der Waals surface area (Å²) in [5.41, 5.74) is 1.11. The molecule has 7 heteroatoms. The average molecular weight is 464 g/mol. The third-order valence-electron chi connectivity index (χ3n) is 4.39. The van der Waals surface area contributed by atoms with Crippen LogP contribution in [0.25, 0.3) is 0 Å². The van der Waals surface area contributed by atoms with Crippen molar-refractivity contribution in [3.05, 3.63) is 35.6 Å². The molecule has 1 aliphatic rings. The predicted molar refractivity (Wildman–Crippen MR) is 111 cm³/mol. The third kappa shape index (κ3) is 7.45. The van der Waals surface area contributed by atoms with E-state index in [1.54, 1.807) is 7.05 Å². The van der Waals surface area contributed by atoms with E-state index >= 15 is 0 Å². The van der Waals surface area contributed by atoms with Crippen LogP contribution in [0.3, 0.4) is 0 Å². The molecule has 2 unspecified atom stereocenters. The van der Waals surface area contributed by atoms with E-state index in [9.17, 15) is 4.39 Å². The normalized spacial score (nSPS) is 19.8. The van der Waals surface area contributed by atoms with Crippen molar-refractivity contribution in [3.8, 4) is 0 Å². The number of aliphatic imine (C=N–C) groups is 1. The first-order valence-corrected chi connectivity index (χ1v) is 8.62. The van der Waals surface area contributed by atoms with E-state index in [2.05, 4.69) is 34.4 Å². The summed E-state index contributed by atoms with van der Waals surface area (Å²) in [7, 11) is 1.77. The van der Waals surface area contributed by atoms with Crippen LogP contribution >= 0.6 is 24.0 Å². The number of hydrogen-bond acceptors (Lipinski definition) is 3. The molecule has 0 bridgehead atoms. The van der Waals surface area contributed by atoms with E-state index < -0.39 is 0 Å². The molecule has 0 aliphatic carbocycles. The molecule has 1 aliphatic heterocycles. The van der Waals surface area contributed by atoms with Crippen molar-refractivity contribution in [3.63, 3.8) is 0 Å². The molecule has 0 aromatic heterocycles. The topological polar surface area (TPSA) is 48.9 Å². The van der Waals surface area contributed by atoms with E-state index in [1.165, 1.54) is 12.1 Å². The maximum atomic E-state index is 12.9. The standard InChI is InChI=1S/C18H29FN4O.HI/c1-14(23-10-11-24-13-15(23)2)12-22-18(20-3)21-9-8-16-4-6-17(19)7-5-16;/h4-7,14-15H,8-13H2,1-3H3,(H2,20,21,22);1H. The van der Waals surface area contributed by atoms with Crippen molar-refractivity contribution in [2.24, 2.45) is 4.99 Å². The summed E-state index contributed by atoms with van der Waals surface area (Å²) in [5.74, 6) is 0.598. The Hall–Kier alpha value is -0.930. The smallest absolute Gasteiger partial charge is 0.191 e. The number of ether oxygens (including phenoxy) is 1. The highest BCUT2D eigenvalue weighted by Crippen LogP contribution is 2.10. The first-order valence-electron chi connectivity index (χ1n) is 8.62. The fourth-order valence-corrected chi connectivity index (χ4v) is 2.95. The first kappa shape index (κ1) is 22.1. The van der Waals surface area contributed by atoms with Gasteiger partial charge in [-0.1, -0.05) is 12.1 Å². The number of nitrogens with one attached hydrogen (secondary N) is 2. The highest BCUT2D eigenvalue weighted by Gasteiger charge is 2.23. The monoisotopic (exact) mass is 464 g/mol. The summed E-state index contributed by atoms with van der Waals surface area (Å²) in [5, 5.41) is 6.68. The summed E-state index contributed by atoms with van der Waals surface area (Å²) in [6.07, 6.45) is 0.830. The van der Waals surface area contributed by atoms with Crippen molar-refractivity contribution in [2.45, 2.75) is 32.4 Å². The van der Waals surface area contributed by atoms with Crippen molar-refractivity contribution in [1.82, 2.24) is 15.5 Å². The number of benzene rings is 1. The summed E-state index contributed by atoms with van der Waals surface area (Å²) in [4.78, 5) is 6.72. The lowest BCUT2D eigenvalue weighted by Crippen LogP contribution is -2.53. The van der Waals surface area contributed by atoms with Gasteiger partial charge in [0.05, 0.1) is 13.2 Å². The Balaban J connectivity index is 0.00000312. The van der Waals surface area contributed by atoms with E-state index in [0.717, 1.165) is 50.8 Å². The first-order chi connectivity index (χ1) is 11.6. The Morgan fingerprint density at radius 1 is 1.36 bits per heavy atom. The van der Waals surface area contributed by atoms with Gasteiger partial charge in [0.15, 0.2) is 5.96 Å². The Kier molecular flexibility index (Phi) is 10.3. The molecule has 2 rings (SSSR count). The second kappa shape index (κ2) is 11.6.